The van der Waals surface area contributed by atoms with Crippen molar-refractivity contribution in [3.05, 3.63) is 78.7 Å². The Morgan fingerprint density at radius 1 is 0.774 bits per heavy atom. The van der Waals surface area contributed by atoms with E-state index in [0.717, 1.165) is 0 Å². The Bertz CT molecular complexity index is 996. The van der Waals surface area contributed by atoms with Crippen molar-refractivity contribution in [1.29, 1.82) is 0 Å². The molecule has 0 aliphatic heterocycles. The van der Waals surface area contributed by atoms with Crippen molar-refractivity contribution >= 4 is 0 Å². The fourth-order valence-corrected chi connectivity index (χ4v) is 9.27. The Morgan fingerprint density at radius 2 is 1.23 bits per heavy atom. The SMILES string of the molecule is CCC1C=C(C(C)(C)C)C=[C]1[Zr+2][CH]1c2cc(C)c(C)cc2-c2cc(C)c(C)cc21.[Cl-].[Cl-]. The van der Waals surface area contributed by atoms with Crippen LogP contribution < -0.4 is 24.8 Å². The van der Waals surface area contributed by atoms with Crippen molar-refractivity contribution in [2.45, 2.75) is 65.4 Å². The van der Waals surface area contributed by atoms with Gasteiger partial charge in [0.2, 0.25) is 0 Å². The van der Waals surface area contributed by atoms with Gasteiger partial charge < -0.3 is 24.8 Å². The number of allylic oxidation sites excluding steroid dienone is 4. The minimum atomic E-state index is -0.804. The van der Waals surface area contributed by atoms with Gasteiger partial charge in [-0.25, -0.2) is 0 Å². The molecule has 0 heterocycles. The molecule has 2 aliphatic rings. The Morgan fingerprint density at radius 3 is 1.65 bits per heavy atom. The molecule has 0 aromatic heterocycles. The fraction of sp³-hybridized carbons (Fsp3) is 0.429. The van der Waals surface area contributed by atoms with E-state index in [1.165, 1.54) is 39.8 Å². The molecular weight excluding hydrogens is 498 g/mol. The normalized spacial score (nSPS) is 17.1. The monoisotopic (exact) mass is 530 g/mol. The van der Waals surface area contributed by atoms with Crippen LogP contribution in [-0.4, -0.2) is 0 Å². The molecule has 2 aromatic rings. The molecule has 0 saturated heterocycles. The summed E-state index contributed by atoms with van der Waals surface area (Å²) < 4.78 is 2.44. The van der Waals surface area contributed by atoms with Crippen molar-refractivity contribution in [2.24, 2.45) is 11.3 Å². The molecule has 0 spiro atoms. The van der Waals surface area contributed by atoms with Crippen LogP contribution in [0.25, 0.3) is 11.1 Å². The average molecular weight is 533 g/mol. The molecular formula is C28H34Cl2Zr. The largest absolute Gasteiger partial charge is 1.00 e. The summed E-state index contributed by atoms with van der Waals surface area (Å²) in [7, 11) is 0. The number of rotatable bonds is 3. The second-order valence-corrected chi connectivity index (χ2v) is 13.7. The van der Waals surface area contributed by atoms with E-state index < -0.39 is 23.2 Å². The van der Waals surface area contributed by atoms with Crippen LogP contribution in [0.2, 0.25) is 0 Å². The molecule has 1 atom stereocenters. The summed E-state index contributed by atoms with van der Waals surface area (Å²) in [6.45, 7) is 18.5. The summed E-state index contributed by atoms with van der Waals surface area (Å²) in [5.74, 6) is 0.668. The summed E-state index contributed by atoms with van der Waals surface area (Å²) >= 11 is -0.804. The predicted octanol–water partition coefficient (Wildman–Crippen LogP) is 1.98. The van der Waals surface area contributed by atoms with E-state index in [1.54, 1.807) is 20.0 Å². The van der Waals surface area contributed by atoms with Crippen molar-refractivity contribution in [3.63, 3.8) is 0 Å². The number of halogens is 2. The minimum Gasteiger partial charge on any atom is -1.00 e. The zero-order valence-electron chi connectivity index (χ0n) is 20.1. The van der Waals surface area contributed by atoms with Crippen LogP contribution >= 0.6 is 0 Å². The van der Waals surface area contributed by atoms with Gasteiger partial charge in [-0.1, -0.05) is 0 Å². The van der Waals surface area contributed by atoms with Gasteiger partial charge in [0.05, 0.1) is 0 Å². The maximum Gasteiger partial charge on any atom is -1.00 e. The van der Waals surface area contributed by atoms with Crippen molar-refractivity contribution in [2.75, 3.05) is 0 Å². The van der Waals surface area contributed by atoms with E-state index in [2.05, 4.69) is 91.8 Å². The molecule has 1 unspecified atom stereocenters. The van der Waals surface area contributed by atoms with E-state index in [0.29, 0.717) is 9.54 Å². The molecule has 2 aliphatic carbocycles. The summed E-state index contributed by atoms with van der Waals surface area (Å²) in [5.41, 5.74) is 13.8. The summed E-state index contributed by atoms with van der Waals surface area (Å²) in [5, 5.41) is 0. The first kappa shape index (κ1) is 26.6. The second kappa shape index (κ2) is 9.71. The van der Waals surface area contributed by atoms with E-state index >= 15 is 0 Å². The van der Waals surface area contributed by atoms with E-state index in [9.17, 15) is 0 Å². The van der Waals surface area contributed by atoms with E-state index in [4.69, 9.17) is 0 Å². The average Bonchev–Trinajstić information content (AvgIpc) is 3.17. The van der Waals surface area contributed by atoms with Gasteiger partial charge in [0.25, 0.3) is 0 Å². The molecule has 164 valence electrons. The fourth-order valence-electron chi connectivity index (χ4n) is 4.69. The third-order valence-electron chi connectivity index (χ3n) is 6.95. The molecule has 0 N–H and O–H groups in total. The first-order valence-electron chi connectivity index (χ1n) is 11.0. The molecule has 0 amide bonds. The second-order valence-electron chi connectivity index (χ2n) is 10.1. The van der Waals surface area contributed by atoms with Crippen LogP contribution in [0.5, 0.6) is 0 Å². The van der Waals surface area contributed by atoms with Crippen LogP contribution in [0.4, 0.5) is 0 Å². The van der Waals surface area contributed by atoms with Gasteiger partial charge in [-0.15, -0.1) is 0 Å². The topological polar surface area (TPSA) is 0 Å². The Balaban J connectivity index is 0.00000171. The summed E-state index contributed by atoms with van der Waals surface area (Å²) in [6.07, 6.45) is 6.41. The zero-order valence-corrected chi connectivity index (χ0v) is 24.1. The van der Waals surface area contributed by atoms with Gasteiger partial charge in [0, 0.05) is 0 Å². The van der Waals surface area contributed by atoms with Gasteiger partial charge in [-0.05, 0) is 0 Å². The predicted molar refractivity (Wildman–Crippen MR) is 122 cm³/mol. The molecule has 31 heavy (non-hydrogen) atoms. The van der Waals surface area contributed by atoms with Crippen LogP contribution in [0, 0.1) is 39.0 Å². The molecule has 0 radical (unpaired) electrons. The zero-order chi connectivity index (χ0) is 21.1. The van der Waals surface area contributed by atoms with Crippen molar-refractivity contribution < 1.29 is 48.0 Å². The molecule has 0 nitrogen and oxygen atoms in total. The van der Waals surface area contributed by atoms with Gasteiger partial charge in [0.15, 0.2) is 0 Å². The first-order chi connectivity index (χ1) is 13.6. The smallest absolute Gasteiger partial charge is 1.00 e. The minimum absolute atomic E-state index is 0. The Labute approximate surface area is 213 Å². The number of benzene rings is 2. The number of fused-ring (bicyclic) bond motifs is 3. The van der Waals surface area contributed by atoms with Crippen LogP contribution in [0.3, 0.4) is 0 Å². The molecule has 3 heteroatoms. The van der Waals surface area contributed by atoms with Crippen LogP contribution in [0.15, 0.2) is 45.3 Å². The third kappa shape index (κ3) is 4.85. The molecule has 0 saturated carbocycles. The summed E-state index contributed by atoms with van der Waals surface area (Å²) in [4.78, 5) is 0. The van der Waals surface area contributed by atoms with Gasteiger partial charge in [-0.2, -0.15) is 0 Å². The first-order valence-corrected chi connectivity index (χ1v) is 13.7. The van der Waals surface area contributed by atoms with E-state index in [-0.39, 0.29) is 30.2 Å². The van der Waals surface area contributed by atoms with Gasteiger partial charge in [0.1, 0.15) is 0 Å². The molecule has 2 aromatic carbocycles. The van der Waals surface area contributed by atoms with Gasteiger partial charge >= 0.3 is 190 Å². The quantitative estimate of drug-likeness (QED) is 0.567. The summed E-state index contributed by atoms with van der Waals surface area (Å²) in [6, 6.07) is 9.93. The molecule has 4 rings (SSSR count). The maximum absolute atomic E-state index is 2.60. The van der Waals surface area contributed by atoms with Crippen LogP contribution in [-0.2, 0) is 23.2 Å². The Kier molecular flexibility index (Phi) is 8.34. The molecule has 0 bridgehead atoms. The number of aryl methyl sites for hydroxylation is 4. The molecule has 0 fully saturated rings. The Hall–Kier alpha value is -0.617. The third-order valence-corrected chi connectivity index (χ3v) is 11.3. The van der Waals surface area contributed by atoms with Gasteiger partial charge in [-0.3, -0.25) is 0 Å². The van der Waals surface area contributed by atoms with Crippen molar-refractivity contribution in [3.8, 4) is 11.1 Å². The van der Waals surface area contributed by atoms with Crippen LogP contribution in [0.1, 0.15) is 71.1 Å². The maximum atomic E-state index is 2.60. The van der Waals surface area contributed by atoms with E-state index in [1.807, 2.05) is 0 Å². The number of hydrogen-bond donors (Lipinski definition) is 0. The number of hydrogen-bond acceptors (Lipinski definition) is 0. The standard InChI is InChI=1S/C17H17.C11H17.2ClH.Zr/c1-10-5-14-9-15-6-11(2)13(4)8-17(15)16(14)7-12(10)3;1-5-9-6-7-10(8-9)11(2,3)4;;;/h5-9H,1-4H3;7-9H,5H2,1-4H3;2*1H;/q;;;;+2/p-2. The van der Waals surface area contributed by atoms with Crippen molar-refractivity contribution in [1.82, 2.24) is 0 Å².